The van der Waals surface area contributed by atoms with Gasteiger partial charge in [0.2, 0.25) is 0 Å². The van der Waals surface area contributed by atoms with E-state index in [1.807, 2.05) is 12.1 Å². The number of nitrogen functional groups attached to an aromatic ring is 1. The molecule has 0 bridgehead atoms. The van der Waals surface area contributed by atoms with Crippen LogP contribution < -0.4 is 10.5 Å². The molecule has 0 heterocycles. The first-order valence-corrected chi connectivity index (χ1v) is 4.90. The highest BCUT2D eigenvalue weighted by atomic mass is 19.1. The maximum absolute atomic E-state index is 13.1. The van der Waals surface area contributed by atoms with Crippen LogP contribution in [0.25, 0.3) is 11.1 Å². The molecule has 0 spiro atoms. The predicted octanol–water partition coefficient (Wildman–Crippen LogP) is 3.08. The number of benzene rings is 2. The van der Waals surface area contributed by atoms with Gasteiger partial charge in [-0.2, -0.15) is 0 Å². The van der Waals surface area contributed by atoms with Crippen LogP contribution in [0.15, 0.2) is 42.5 Å². The first-order chi connectivity index (χ1) is 7.70. The molecule has 0 fully saturated rings. The van der Waals surface area contributed by atoms with E-state index in [1.54, 1.807) is 25.3 Å². The van der Waals surface area contributed by atoms with Crippen molar-refractivity contribution in [3.05, 3.63) is 48.3 Å². The van der Waals surface area contributed by atoms with Crippen molar-refractivity contribution in [2.24, 2.45) is 0 Å². The number of rotatable bonds is 2. The van der Waals surface area contributed by atoms with E-state index in [-0.39, 0.29) is 5.82 Å². The van der Waals surface area contributed by atoms with E-state index in [1.165, 1.54) is 12.1 Å². The van der Waals surface area contributed by atoms with E-state index >= 15 is 0 Å². The van der Waals surface area contributed by atoms with Crippen molar-refractivity contribution in [2.75, 3.05) is 12.8 Å². The number of halogens is 1. The van der Waals surface area contributed by atoms with E-state index in [0.717, 1.165) is 11.1 Å². The van der Waals surface area contributed by atoms with Crippen LogP contribution in [0, 0.1) is 5.82 Å². The maximum atomic E-state index is 13.1. The van der Waals surface area contributed by atoms with Crippen LogP contribution in [0.1, 0.15) is 0 Å². The van der Waals surface area contributed by atoms with Crippen molar-refractivity contribution >= 4 is 5.69 Å². The van der Waals surface area contributed by atoms with Gasteiger partial charge in [-0.3, -0.25) is 0 Å². The van der Waals surface area contributed by atoms with Crippen LogP contribution in [-0.2, 0) is 0 Å². The molecular weight excluding hydrogens is 205 g/mol. The lowest BCUT2D eigenvalue weighted by Crippen LogP contribution is -1.91. The van der Waals surface area contributed by atoms with Gasteiger partial charge in [-0.05, 0) is 29.8 Å². The Bertz CT molecular complexity index is 511. The van der Waals surface area contributed by atoms with E-state index in [4.69, 9.17) is 10.5 Å². The lowest BCUT2D eigenvalue weighted by Gasteiger charge is -2.09. The Morgan fingerprint density at radius 2 is 1.94 bits per heavy atom. The van der Waals surface area contributed by atoms with Crippen molar-refractivity contribution in [1.82, 2.24) is 0 Å². The Labute approximate surface area is 93.5 Å². The monoisotopic (exact) mass is 217 g/mol. The number of nitrogens with two attached hydrogens (primary N) is 1. The quantitative estimate of drug-likeness (QED) is 0.784. The molecule has 2 aromatic rings. The number of hydrogen-bond acceptors (Lipinski definition) is 2. The first-order valence-electron chi connectivity index (χ1n) is 4.90. The van der Waals surface area contributed by atoms with Crippen LogP contribution >= 0.6 is 0 Å². The lowest BCUT2D eigenvalue weighted by atomic mass is 10.0. The largest absolute Gasteiger partial charge is 0.496 e. The predicted molar refractivity (Wildman–Crippen MR) is 62.8 cm³/mol. The molecule has 16 heavy (non-hydrogen) atoms. The fraction of sp³-hybridized carbons (Fsp3) is 0.0769. The summed E-state index contributed by atoms with van der Waals surface area (Å²) in [5, 5.41) is 0. The van der Waals surface area contributed by atoms with Crippen LogP contribution in [0.5, 0.6) is 5.75 Å². The molecule has 0 aromatic heterocycles. The van der Waals surface area contributed by atoms with Crippen molar-refractivity contribution in [1.29, 1.82) is 0 Å². The molecule has 0 amide bonds. The van der Waals surface area contributed by atoms with Gasteiger partial charge in [0.1, 0.15) is 11.6 Å². The minimum atomic E-state index is -0.267. The molecule has 0 saturated carbocycles. The average Bonchev–Trinajstić information content (AvgIpc) is 2.28. The third kappa shape index (κ3) is 1.98. The van der Waals surface area contributed by atoms with Gasteiger partial charge in [0.05, 0.1) is 7.11 Å². The summed E-state index contributed by atoms with van der Waals surface area (Å²) in [7, 11) is 1.57. The first kappa shape index (κ1) is 10.5. The zero-order valence-corrected chi connectivity index (χ0v) is 8.91. The topological polar surface area (TPSA) is 35.2 Å². The highest BCUT2D eigenvalue weighted by Gasteiger charge is 2.06. The van der Waals surface area contributed by atoms with Crippen LogP contribution in [0.2, 0.25) is 0 Å². The molecule has 0 unspecified atom stereocenters. The standard InChI is InChI=1S/C13H12FNO/c1-16-13-8-11(15)5-6-12(13)9-3-2-4-10(14)7-9/h2-8H,15H2,1H3. The van der Waals surface area contributed by atoms with Crippen LogP contribution in [-0.4, -0.2) is 7.11 Å². The van der Waals surface area contributed by atoms with Gasteiger partial charge in [0.25, 0.3) is 0 Å². The highest BCUT2D eigenvalue weighted by molar-refractivity contribution is 5.72. The van der Waals surface area contributed by atoms with E-state index in [9.17, 15) is 4.39 Å². The van der Waals surface area contributed by atoms with Crippen molar-refractivity contribution < 1.29 is 9.13 Å². The molecule has 2 aromatic carbocycles. The minimum absolute atomic E-state index is 0.267. The fourth-order valence-corrected chi connectivity index (χ4v) is 1.60. The summed E-state index contributed by atoms with van der Waals surface area (Å²) in [6.45, 7) is 0. The van der Waals surface area contributed by atoms with E-state index < -0.39 is 0 Å². The molecule has 0 atom stereocenters. The van der Waals surface area contributed by atoms with Crippen molar-refractivity contribution in [2.45, 2.75) is 0 Å². The molecule has 0 saturated heterocycles. The Hall–Kier alpha value is -2.03. The zero-order chi connectivity index (χ0) is 11.5. The van der Waals surface area contributed by atoms with Crippen molar-refractivity contribution in [3.8, 4) is 16.9 Å². The van der Waals surface area contributed by atoms with Gasteiger partial charge < -0.3 is 10.5 Å². The third-order valence-electron chi connectivity index (χ3n) is 2.36. The number of ether oxygens (including phenoxy) is 1. The highest BCUT2D eigenvalue weighted by Crippen LogP contribution is 2.31. The van der Waals surface area contributed by atoms with Gasteiger partial charge in [0, 0.05) is 17.3 Å². The molecule has 2 rings (SSSR count). The number of anilines is 1. The fourth-order valence-electron chi connectivity index (χ4n) is 1.60. The van der Waals surface area contributed by atoms with Gasteiger partial charge in [-0.15, -0.1) is 0 Å². The molecule has 2 N–H and O–H groups in total. The van der Waals surface area contributed by atoms with Crippen molar-refractivity contribution in [3.63, 3.8) is 0 Å². The Morgan fingerprint density at radius 3 is 2.62 bits per heavy atom. The second-order valence-electron chi connectivity index (χ2n) is 3.47. The maximum Gasteiger partial charge on any atom is 0.128 e. The Kier molecular flexibility index (Phi) is 2.77. The number of hydrogen-bond donors (Lipinski definition) is 1. The molecule has 3 heteroatoms. The smallest absolute Gasteiger partial charge is 0.128 e. The molecule has 82 valence electrons. The summed E-state index contributed by atoms with van der Waals surface area (Å²) in [5.41, 5.74) is 7.88. The SMILES string of the molecule is COc1cc(N)ccc1-c1cccc(F)c1. The molecule has 2 nitrogen and oxygen atoms in total. The third-order valence-corrected chi connectivity index (χ3v) is 2.36. The Morgan fingerprint density at radius 1 is 1.12 bits per heavy atom. The normalized spacial score (nSPS) is 10.1. The van der Waals surface area contributed by atoms with Crippen LogP contribution in [0.3, 0.4) is 0 Å². The average molecular weight is 217 g/mol. The summed E-state index contributed by atoms with van der Waals surface area (Å²) in [6.07, 6.45) is 0. The van der Waals surface area contributed by atoms with Gasteiger partial charge in [-0.1, -0.05) is 12.1 Å². The summed E-state index contributed by atoms with van der Waals surface area (Å²) in [6, 6.07) is 11.7. The second kappa shape index (κ2) is 4.23. The molecule has 0 aliphatic carbocycles. The van der Waals surface area contributed by atoms with Crippen LogP contribution in [0.4, 0.5) is 10.1 Å². The summed E-state index contributed by atoms with van der Waals surface area (Å²) < 4.78 is 18.3. The molecule has 0 radical (unpaired) electrons. The Balaban J connectivity index is 2.55. The zero-order valence-electron chi connectivity index (χ0n) is 8.91. The van der Waals surface area contributed by atoms with E-state index in [0.29, 0.717) is 11.4 Å². The minimum Gasteiger partial charge on any atom is -0.496 e. The van der Waals surface area contributed by atoms with Gasteiger partial charge in [0.15, 0.2) is 0 Å². The summed E-state index contributed by atoms with van der Waals surface area (Å²) >= 11 is 0. The van der Waals surface area contributed by atoms with E-state index in [2.05, 4.69) is 0 Å². The summed E-state index contributed by atoms with van der Waals surface area (Å²) in [5.74, 6) is 0.377. The van der Waals surface area contributed by atoms with Gasteiger partial charge in [-0.25, -0.2) is 4.39 Å². The van der Waals surface area contributed by atoms with Gasteiger partial charge >= 0.3 is 0 Å². The lowest BCUT2D eigenvalue weighted by molar-refractivity contribution is 0.416. The second-order valence-corrected chi connectivity index (χ2v) is 3.47. The molecule has 0 aliphatic rings. The molecular formula is C13H12FNO. The molecule has 0 aliphatic heterocycles. The number of methoxy groups -OCH3 is 1. The summed E-state index contributed by atoms with van der Waals surface area (Å²) in [4.78, 5) is 0.